The number of benzene rings is 1. The van der Waals surface area contributed by atoms with Crippen molar-refractivity contribution < 1.29 is 13.2 Å². The summed E-state index contributed by atoms with van der Waals surface area (Å²) in [6.45, 7) is 6.53. The van der Waals surface area contributed by atoms with Crippen molar-refractivity contribution in [2.24, 2.45) is 4.99 Å². The van der Waals surface area contributed by atoms with E-state index < -0.39 is 14.6 Å². The predicted octanol–water partition coefficient (Wildman–Crippen LogP) is 1.33. The molecule has 0 aliphatic carbocycles. The Balaban J connectivity index is 1.91. The van der Waals surface area contributed by atoms with Gasteiger partial charge in [-0.15, -0.1) is 0 Å². The number of hydrogen-bond acceptors (Lipinski definition) is 5. The van der Waals surface area contributed by atoms with Crippen molar-refractivity contribution in [3.05, 3.63) is 29.8 Å². The number of sulfone groups is 1. The Morgan fingerprint density at radius 1 is 1.31 bits per heavy atom. The van der Waals surface area contributed by atoms with Gasteiger partial charge in [0.1, 0.15) is 0 Å². The fourth-order valence-electron chi connectivity index (χ4n) is 2.88. The second kappa shape index (κ2) is 8.73. The molecule has 26 heavy (non-hydrogen) atoms. The highest BCUT2D eigenvalue weighted by atomic mass is 32.2. The second-order valence-electron chi connectivity index (χ2n) is 7.02. The topological polar surface area (TPSA) is 83.0 Å². The van der Waals surface area contributed by atoms with Gasteiger partial charge in [-0.1, -0.05) is 12.1 Å². The first-order valence-electron chi connectivity index (χ1n) is 8.79. The summed E-state index contributed by atoms with van der Waals surface area (Å²) in [6, 6.07) is 8.18. The van der Waals surface area contributed by atoms with Crippen LogP contribution < -0.4 is 10.6 Å². The van der Waals surface area contributed by atoms with E-state index in [9.17, 15) is 8.42 Å². The largest absolute Gasteiger partial charge is 0.383 e. The van der Waals surface area contributed by atoms with Crippen LogP contribution in [-0.2, 0) is 21.1 Å². The third-order valence-corrected chi connectivity index (χ3v) is 7.13. The minimum atomic E-state index is -3.06. The molecule has 0 aromatic heterocycles. The van der Waals surface area contributed by atoms with Gasteiger partial charge < -0.3 is 20.3 Å². The summed E-state index contributed by atoms with van der Waals surface area (Å²) >= 11 is 0. The van der Waals surface area contributed by atoms with E-state index in [1.54, 1.807) is 28.0 Å². The van der Waals surface area contributed by atoms with Crippen LogP contribution in [0, 0.1) is 0 Å². The molecule has 8 heteroatoms. The van der Waals surface area contributed by atoms with Gasteiger partial charge in [0, 0.05) is 46.0 Å². The summed E-state index contributed by atoms with van der Waals surface area (Å²) in [5.41, 5.74) is 2.19. The maximum absolute atomic E-state index is 12.2. The molecule has 1 aromatic rings. The first kappa shape index (κ1) is 20.5. The maximum Gasteiger partial charge on any atom is 0.193 e. The third kappa shape index (κ3) is 5.11. The minimum Gasteiger partial charge on any atom is -0.383 e. The molecule has 1 aliphatic heterocycles. The van der Waals surface area contributed by atoms with Gasteiger partial charge in [-0.2, -0.15) is 0 Å². The van der Waals surface area contributed by atoms with Gasteiger partial charge in [-0.05, 0) is 31.5 Å². The van der Waals surface area contributed by atoms with Crippen LogP contribution in [0.3, 0.4) is 0 Å². The predicted molar refractivity (Wildman–Crippen MR) is 106 cm³/mol. The molecule has 1 aromatic carbocycles. The minimum absolute atomic E-state index is 0.155. The Bertz CT molecular complexity index is 714. The quantitative estimate of drug-likeness (QED) is 0.439. The first-order chi connectivity index (χ1) is 12.3. The summed E-state index contributed by atoms with van der Waals surface area (Å²) < 4.78 is 28.6. The third-order valence-electron chi connectivity index (χ3n) is 4.59. The molecule has 0 spiro atoms. The molecule has 7 nitrogen and oxygen atoms in total. The molecule has 1 aliphatic rings. The van der Waals surface area contributed by atoms with Gasteiger partial charge in [0.05, 0.1) is 17.1 Å². The van der Waals surface area contributed by atoms with E-state index in [4.69, 9.17) is 4.74 Å². The zero-order chi connectivity index (χ0) is 19.2. The fourth-order valence-corrected chi connectivity index (χ4v) is 4.24. The monoisotopic (exact) mass is 382 g/mol. The van der Waals surface area contributed by atoms with E-state index in [1.807, 2.05) is 17.0 Å². The molecular formula is C18H30N4O3S. The average Bonchev–Trinajstić information content (AvgIpc) is 2.60. The van der Waals surface area contributed by atoms with E-state index >= 15 is 0 Å². The molecule has 1 heterocycles. The molecule has 146 valence electrons. The SMILES string of the molecule is CN=C(NCc1ccc(NCCOC)cc1)N1CCS(=O)(=O)C(C)(C)C1. The van der Waals surface area contributed by atoms with Gasteiger partial charge in [-0.3, -0.25) is 4.99 Å². The molecule has 0 saturated carbocycles. The van der Waals surface area contributed by atoms with Crippen LogP contribution in [0.15, 0.2) is 29.3 Å². The van der Waals surface area contributed by atoms with Crippen LogP contribution in [-0.4, -0.2) is 70.2 Å². The fraction of sp³-hybridized carbons (Fsp3) is 0.611. The van der Waals surface area contributed by atoms with Crippen molar-refractivity contribution in [1.29, 1.82) is 0 Å². The smallest absolute Gasteiger partial charge is 0.193 e. The number of rotatable bonds is 6. The van der Waals surface area contributed by atoms with Crippen molar-refractivity contribution >= 4 is 21.5 Å². The van der Waals surface area contributed by atoms with Gasteiger partial charge in [0.2, 0.25) is 0 Å². The molecule has 0 amide bonds. The van der Waals surface area contributed by atoms with E-state index in [2.05, 4.69) is 27.8 Å². The van der Waals surface area contributed by atoms with Crippen molar-refractivity contribution in [3.8, 4) is 0 Å². The van der Waals surface area contributed by atoms with Crippen molar-refractivity contribution in [3.63, 3.8) is 0 Å². The van der Waals surface area contributed by atoms with Crippen LogP contribution in [0.1, 0.15) is 19.4 Å². The molecular weight excluding hydrogens is 352 g/mol. The number of hydrogen-bond donors (Lipinski definition) is 2. The normalized spacial score (nSPS) is 19.2. The Labute approximate surface area is 156 Å². The molecule has 0 radical (unpaired) electrons. The molecule has 1 fully saturated rings. The first-order valence-corrected chi connectivity index (χ1v) is 10.4. The Kier molecular flexibility index (Phi) is 6.88. The highest BCUT2D eigenvalue weighted by molar-refractivity contribution is 7.92. The lowest BCUT2D eigenvalue weighted by Gasteiger charge is -2.39. The number of methoxy groups -OCH3 is 1. The number of nitrogens with one attached hydrogen (secondary N) is 2. The van der Waals surface area contributed by atoms with Crippen molar-refractivity contribution in [1.82, 2.24) is 10.2 Å². The molecule has 2 N–H and O–H groups in total. The summed E-state index contributed by atoms with van der Waals surface area (Å²) in [4.78, 5) is 6.33. The van der Waals surface area contributed by atoms with Crippen molar-refractivity contribution in [2.75, 3.05) is 51.5 Å². The van der Waals surface area contributed by atoms with E-state index in [-0.39, 0.29) is 5.75 Å². The Morgan fingerprint density at radius 2 is 2.00 bits per heavy atom. The van der Waals surface area contributed by atoms with E-state index in [0.29, 0.717) is 26.2 Å². The number of nitrogens with zero attached hydrogens (tertiary/aromatic N) is 2. The van der Waals surface area contributed by atoms with Gasteiger partial charge in [-0.25, -0.2) is 8.42 Å². The lowest BCUT2D eigenvalue weighted by Crippen LogP contribution is -2.57. The standard InChI is InChI=1S/C18H30N4O3S/c1-18(2)14-22(10-12-26(18,23)24)17(19-3)21-13-15-5-7-16(8-6-15)20-9-11-25-4/h5-8,20H,9-14H2,1-4H3,(H,19,21). The molecule has 0 unspecified atom stereocenters. The lowest BCUT2D eigenvalue weighted by atomic mass is 10.2. The van der Waals surface area contributed by atoms with E-state index in [0.717, 1.165) is 23.8 Å². The van der Waals surface area contributed by atoms with Gasteiger partial charge in [0.25, 0.3) is 0 Å². The average molecular weight is 383 g/mol. The molecule has 0 atom stereocenters. The summed E-state index contributed by atoms with van der Waals surface area (Å²) in [6.07, 6.45) is 0. The molecule has 0 bridgehead atoms. The number of anilines is 1. The van der Waals surface area contributed by atoms with Crippen molar-refractivity contribution in [2.45, 2.75) is 25.1 Å². The van der Waals surface area contributed by atoms with Crippen LogP contribution >= 0.6 is 0 Å². The Morgan fingerprint density at radius 3 is 2.58 bits per heavy atom. The van der Waals surface area contributed by atoms with Crippen LogP contribution in [0.2, 0.25) is 0 Å². The number of ether oxygens (including phenoxy) is 1. The highest BCUT2D eigenvalue weighted by Crippen LogP contribution is 2.23. The second-order valence-corrected chi connectivity index (χ2v) is 9.76. The highest BCUT2D eigenvalue weighted by Gasteiger charge is 2.40. The van der Waals surface area contributed by atoms with Crippen LogP contribution in [0.4, 0.5) is 5.69 Å². The molecule has 2 rings (SSSR count). The lowest BCUT2D eigenvalue weighted by molar-refractivity contribution is 0.211. The zero-order valence-electron chi connectivity index (χ0n) is 16.1. The Hall–Kier alpha value is -1.80. The van der Waals surface area contributed by atoms with Gasteiger partial charge >= 0.3 is 0 Å². The van der Waals surface area contributed by atoms with Gasteiger partial charge in [0.15, 0.2) is 15.8 Å². The van der Waals surface area contributed by atoms with Crippen LogP contribution in [0.5, 0.6) is 0 Å². The summed E-state index contributed by atoms with van der Waals surface area (Å²) in [5, 5.41) is 6.62. The maximum atomic E-state index is 12.2. The van der Waals surface area contributed by atoms with Crippen LogP contribution in [0.25, 0.3) is 0 Å². The number of aliphatic imine (C=N–C) groups is 1. The van der Waals surface area contributed by atoms with E-state index in [1.165, 1.54) is 0 Å². The molecule has 1 saturated heterocycles. The summed E-state index contributed by atoms with van der Waals surface area (Å²) in [5.74, 6) is 0.887. The summed E-state index contributed by atoms with van der Waals surface area (Å²) in [7, 11) is 0.349. The number of guanidine groups is 1. The zero-order valence-corrected chi connectivity index (χ0v) is 16.9.